The molecule has 0 aromatic rings. The van der Waals surface area contributed by atoms with Gasteiger partial charge in [0.05, 0.1) is 26.4 Å². The van der Waals surface area contributed by atoms with Crippen molar-refractivity contribution in [3.8, 4) is 0 Å². The summed E-state index contributed by atoms with van der Waals surface area (Å²) in [4.78, 5) is 22.6. The largest absolute Gasteiger partial charge is 0.472 e. The van der Waals surface area contributed by atoms with Crippen molar-refractivity contribution in [1.29, 1.82) is 0 Å². The predicted octanol–water partition coefficient (Wildman–Crippen LogP) is 13.7. The van der Waals surface area contributed by atoms with Gasteiger partial charge in [0.15, 0.2) is 0 Å². The van der Waals surface area contributed by atoms with E-state index in [2.05, 4.69) is 86.8 Å². The van der Waals surface area contributed by atoms with E-state index in [1.165, 1.54) is 96.3 Å². The molecule has 60 heavy (non-hydrogen) atoms. The quantitative estimate of drug-likeness (QED) is 0.0237. The SMILES string of the molecule is CC/C=C\C/C=C\C/C=C\C/C=C\C/C=C\CCCCCC(=O)OC(COCCCCCCCCCCCC/C=C\CCCCCCCC)COP(=O)(O)OCC(O)CO. The lowest BCUT2D eigenvalue weighted by molar-refractivity contribution is -0.154. The summed E-state index contributed by atoms with van der Waals surface area (Å²) in [6.45, 7) is 3.36. The van der Waals surface area contributed by atoms with Crippen LogP contribution >= 0.6 is 7.82 Å². The molecule has 0 heterocycles. The number of phosphoric acid groups is 1. The standard InChI is InChI=1S/C50H89O9P/c1-3-5-7-9-11-13-15-17-19-21-23-25-27-29-31-33-35-37-39-41-43-56-46-49(47-58-60(54,55)57-45-48(52)44-51)59-50(53)42-40-38-36-34-32-30-28-26-24-22-20-18-16-14-12-10-8-6-4-2/h6,8,12,14,17-20,24,26,30,32,48-49,51-52H,3-5,7,9-11,13,15-16,21-23,25,27-29,31,33-47H2,1-2H3,(H,54,55)/b8-6-,14-12-,19-17-,20-18-,26-24-,32-30-. The number of phosphoric ester groups is 1. The normalized spacial score (nSPS) is 14.6. The van der Waals surface area contributed by atoms with Gasteiger partial charge in [-0.15, -0.1) is 0 Å². The van der Waals surface area contributed by atoms with E-state index in [4.69, 9.17) is 23.6 Å². The third-order valence-electron chi connectivity index (χ3n) is 9.88. The van der Waals surface area contributed by atoms with Gasteiger partial charge in [0.2, 0.25) is 0 Å². The molecular weight excluding hydrogens is 776 g/mol. The number of aliphatic hydroxyl groups is 2. The Morgan fingerprint density at radius 2 is 0.950 bits per heavy atom. The third kappa shape index (κ3) is 45.4. The molecule has 0 amide bonds. The second-order valence-electron chi connectivity index (χ2n) is 15.7. The topological polar surface area (TPSA) is 132 Å². The second kappa shape index (κ2) is 46.4. The number of unbranched alkanes of at least 4 members (excludes halogenated alkanes) is 19. The average Bonchev–Trinajstić information content (AvgIpc) is 3.24. The van der Waals surface area contributed by atoms with Crippen LogP contribution in [-0.4, -0.2) is 66.3 Å². The highest BCUT2D eigenvalue weighted by molar-refractivity contribution is 7.47. The first-order valence-corrected chi connectivity index (χ1v) is 25.4. The third-order valence-corrected chi connectivity index (χ3v) is 10.8. The molecule has 0 saturated heterocycles. The van der Waals surface area contributed by atoms with Crippen LogP contribution in [0.5, 0.6) is 0 Å². The monoisotopic (exact) mass is 865 g/mol. The molecule has 0 aromatic carbocycles. The molecule has 0 aliphatic carbocycles. The maximum atomic E-state index is 12.6. The second-order valence-corrected chi connectivity index (χ2v) is 17.2. The molecule has 3 unspecified atom stereocenters. The summed E-state index contributed by atoms with van der Waals surface area (Å²) >= 11 is 0. The van der Waals surface area contributed by atoms with E-state index < -0.39 is 45.8 Å². The number of rotatable bonds is 45. The van der Waals surface area contributed by atoms with Gasteiger partial charge in [0, 0.05) is 13.0 Å². The number of ether oxygens (including phenoxy) is 2. The number of allylic oxidation sites excluding steroid dienone is 12. The Kier molecular flexibility index (Phi) is 44.8. The van der Waals surface area contributed by atoms with Crippen LogP contribution in [0.1, 0.15) is 194 Å². The highest BCUT2D eigenvalue weighted by Gasteiger charge is 2.26. The first-order chi connectivity index (χ1) is 29.3. The van der Waals surface area contributed by atoms with E-state index in [-0.39, 0.29) is 13.0 Å². The number of hydrogen-bond acceptors (Lipinski definition) is 8. The number of esters is 1. The van der Waals surface area contributed by atoms with E-state index in [9.17, 15) is 19.4 Å². The lowest BCUT2D eigenvalue weighted by atomic mass is 10.1. The summed E-state index contributed by atoms with van der Waals surface area (Å²) < 4.78 is 33.4. The van der Waals surface area contributed by atoms with Gasteiger partial charge in [-0.1, -0.05) is 177 Å². The fourth-order valence-corrected chi connectivity index (χ4v) is 7.05. The summed E-state index contributed by atoms with van der Waals surface area (Å²) in [6, 6.07) is 0. The maximum Gasteiger partial charge on any atom is 0.472 e. The van der Waals surface area contributed by atoms with Gasteiger partial charge in [0.1, 0.15) is 12.2 Å². The molecule has 0 rings (SSSR count). The molecule has 0 saturated carbocycles. The molecule has 0 aromatic heterocycles. The van der Waals surface area contributed by atoms with Crippen molar-refractivity contribution < 1.29 is 43.0 Å². The van der Waals surface area contributed by atoms with E-state index in [1.807, 2.05) is 0 Å². The van der Waals surface area contributed by atoms with Crippen LogP contribution in [0.3, 0.4) is 0 Å². The smallest absolute Gasteiger partial charge is 0.457 e. The molecule has 3 atom stereocenters. The number of carbonyl (C=O) groups is 1. The van der Waals surface area contributed by atoms with Crippen molar-refractivity contribution in [2.45, 2.75) is 206 Å². The molecule has 3 N–H and O–H groups in total. The number of carbonyl (C=O) groups excluding carboxylic acids is 1. The summed E-state index contributed by atoms with van der Waals surface area (Å²) in [5.74, 6) is -0.415. The average molecular weight is 865 g/mol. The Labute approximate surface area is 367 Å². The Balaban J connectivity index is 4.19. The fraction of sp³-hybridized carbons (Fsp3) is 0.740. The van der Waals surface area contributed by atoms with Gasteiger partial charge in [-0.3, -0.25) is 13.8 Å². The number of aliphatic hydroxyl groups excluding tert-OH is 2. The van der Waals surface area contributed by atoms with E-state index in [0.29, 0.717) is 13.0 Å². The molecule has 348 valence electrons. The van der Waals surface area contributed by atoms with Crippen LogP contribution in [0.4, 0.5) is 0 Å². The zero-order valence-corrected chi connectivity index (χ0v) is 39.1. The highest BCUT2D eigenvalue weighted by Crippen LogP contribution is 2.43. The molecule has 0 fully saturated rings. The van der Waals surface area contributed by atoms with Gasteiger partial charge in [-0.25, -0.2) is 4.57 Å². The Bertz CT molecular complexity index is 1160. The van der Waals surface area contributed by atoms with E-state index >= 15 is 0 Å². The molecule has 0 spiro atoms. The lowest BCUT2D eigenvalue weighted by Gasteiger charge is -2.20. The van der Waals surface area contributed by atoms with E-state index in [1.54, 1.807) is 0 Å². The van der Waals surface area contributed by atoms with E-state index in [0.717, 1.165) is 70.6 Å². The van der Waals surface area contributed by atoms with Crippen LogP contribution in [0.15, 0.2) is 72.9 Å². The Morgan fingerprint density at radius 1 is 0.533 bits per heavy atom. The Morgan fingerprint density at radius 3 is 1.45 bits per heavy atom. The van der Waals surface area contributed by atoms with Crippen molar-refractivity contribution in [2.75, 3.05) is 33.0 Å². The molecule has 0 aliphatic heterocycles. The van der Waals surface area contributed by atoms with Crippen molar-refractivity contribution in [3.63, 3.8) is 0 Å². The first-order valence-electron chi connectivity index (χ1n) is 23.9. The van der Waals surface area contributed by atoms with Crippen molar-refractivity contribution in [1.82, 2.24) is 0 Å². The zero-order valence-electron chi connectivity index (χ0n) is 38.2. The minimum Gasteiger partial charge on any atom is -0.457 e. The summed E-state index contributed by atoms with van der Waals surface area (Å²) in [5, 5.41) is 18.4. The molecule has 9 nitrogen and oxygen atoms in total. The van der Waals surface area contributed by atoms with Crippen LogP contribution in [0.2, 0.25) is 0 Å². The molecule has 0 bridgehead atoms. The van der Waals surface area contributed by atoms with Crippen LogP contribution in [0.25, 0.3) is 0 Å². The van der Waals surface area contributed by atoms with Gasteiger partial charge >= 0.3 is 13.8 Å². The lowest BCUT2D eigenvalue weighted by Crippen LogP contribution is -2.29. The molecule has 0 aliphatic rings. The Hall–Kier alpha value is -2.10. The minimum atomic E-state index is -4.53. The molecular formula is C50H89O9P. The van der Waals surface area contributed by atoms with Crippen LogP contribution < -0.4 is 0 Å². The summed E-state index contributed by atoms with van der Waals surface area (Å²) in [5.41, 5.74) is 0. The predicted molar refractivity (Wildman–Crippen MR) is 251 cm³/mol. The van der Waals surface area contributed by atoms with Crippen LogP contribution in [0, 0.1) is 0 Å². The van der Waals surface area contributed by atoms with Gasteiger partial charge in [-0.05, 0) is 83.5 Å². The van der Waals surface area contributed by atoms with Crippen molar-refractivity contribution in [3.05, 3.63) is 72.9 Å². The summed E-state index contributed by atoms with van der Waals surface area (Å²) in [7, 11) is -4.53. The van der Waals surface area contributed by atoms with Crippen LogP contribution in [-0.2, 0) is 27.9 Å². The van der Waals surface area contributed by atoms with Crippen molar-refractivity contribution in [2.24, 2.45) is 0 Å². The van der Waals surface area contributed by atoms with Gasteiger partial charge in [0.25, 0.3) is 0 Å². The first kappa shape index (κ1) is 57.9. The summed E-state index contributed by atoms with van der Waals surface area (Å²) in [6.07, 6.45) is 55.8. The maximum absolute atomic E-state index is 12.6. The highest BCUT2D eigenvalue weighted by atomic mass is 31.2. The molecule has 10 heteroatoms. The van der Waals surface area contributed by atoms with Crippen molar-refractivity contribution >= 4 is 13.8 Å². The van der Waals surface area contributed by atoms with Gasteiger partial charge in [-0.2, -0.15) is 0 Å². The zero-order chi connectivity index (χ0) is 43.9. The fourth-order valence-electron chi connectivity index (χ4n) is 6.26. The number of hydrogen-bond donors (Lipinski definition) is 3. The minimum absolute atomic E-state index is 0.0317. The van der Waals surface area contributed by atoms with Gasteiger partial charge < -0.3 is 24.6 Å². The molecule has 0 radical (unpaired) electrons.